The number of benzene rings is 1. The van der Waals surface area contributed by atoms with E-state index in [1.165, 1.54) is 0 Å². The molecule has 1 atom stereocenters. The number of hydrogen-bond acceptors (Lipinski definition) is 4. The molecule has 1 saturated heterocycles. The van der Waals surface area contributed by atoms with Crippen molar-refractivity contribution in [3.63, 3.8) is 0 Å². The summed E-state index contributed by atoms with van der Waals surface area (Å²) in [7, 11) is 1.56. The Labute approximate surface area is 159 Å². The first-order valence-corrected chi connectivity index (χ1v) is 9.34. The number of oxazole rings is 1. The predicted octanol–water partition coefficient (Wildman–Crippen LogP) is 4.40. The van der Waals surface area contributed by atoms with E-state index in [1.54, 1.807) is 27.2 Å². The van der Waals surface area contributed by atoms with Crippen LogP contribution in [0, 0.1) is 0 Å². The summed E-state index contributed by atoms with van der Waals surface area (Å²) in [6.45, 7) is 4.29. The molecule has 2 aromatic rings. The van der Waals surface area contributed by atoms with Gasteiger partial charge in [-0.05, 0) is 50.8 Å². The summed E-state index contributed by atoms with van der Waals surface area (Å²) in [5.74, 6) is 1.36. The molecule has 1 aromatic carbocycles. The van der Waals surface area contributed by atoms with E-state index < -0.39 is 5.60 Å². The first kappa shape index (κ1) is 18.9. The second-order valence-corrected chi connectivity index (χ2v) is 7.63. The number of halogens is 1. The highest BCUT2D eigenvalue weighted by atomic mass is 35.5. The summed E-state index contributed by atoms with van der Waals surface area (Å²) in [5.41, 5.74) is 0.253. The number of aromatic nitrogens is 1. The molecule has 0 radical (unpaired) electrons. The number of nitrogens with zero attached hydrogens (tertiary/aromatic N) is 2. The molecular formula is C20H25ClN2O3. The summed E-state index contributed by atoms with van der Waals surface area (Å²) in [4.78, 5) is 19.2. The van der Waals surface area contributed by atoms with Gasteiger partial charge in [-0.1, -0.05) is 23.7 Å². The van der Waals surface area contributed by atoms with Gasteiger partial charge in [-0.2, -0.15) is 0 Å². The fourth-order valence-electron chi connectivity index (χ4n) is 3.23. The topological polar surface area (TPSA) is 55.6 Å². The highest BCUT2D eigenvalue weighted by Gasteiger charge is 2.38. The summed E-state index contributed by atoms with van der Waals surface area (Å²) in [5, 5.41) is 0.712. The Morgan fingerprint density at radius 3 is 2.77 bits per heavy atom. The minimum absolute atomic E-state index is 0.0258. The van der Waals surface area contributed by atoms with Crippen molar-refractivity contribution in [2.75, 3.05) is 13.7 Å². The monoisotopic (exact) mass is 376 g/mol. The van der Waals surface area contributed by atoms with E-state index in [4.69, 9.17) is 20.8 Å². The van der Waals surface area contributed by atoms with Gasteiger partial charge >= 0.3 is 0 Å². The Morgan fingerprint density at radius 1 is 1.35 bits per heavy atom. The van der Waals surface area contributed by atoms with Crippen molar-refractivity contribution in [3.8, 4) is 0 Å². The first-order valence-electron chi connectivity index (χ1n) is 8.96. The van der Waals surface area contributed by atoms with Crippen LogP contribution in [-0.4, -0.2) is 35.0 Å². The number of rotatable bonds is 5. The molecule has 1 aliphatic heterocycles. The second-order valence-electron chi connectivity index (χ2n) is 7.19. The second kappa shape index (κ2) is 7.80. The summed E-state index contributed by atoms with van der Waals surface area (Å²) in [6.07, 6.45) is 5.29. The van der Waals surface area contributed by atoms with Crippen LogP contribution in [0.2, 0.25) is 5.02 Å². The Kier molecular flexibility index (Phi) is 5.68. The SMILES string of the molecule is COC(C)(C)C(=O)N1CCCC[C@@H]1c1ncc(Cc2ccc(Cl)cc2)o1. The van der Waals surface area contributed by atoms with Crippen LogP contribution in [0.25, 0.3) is 0 Å². The van der Waals surface area contributed by atoms with Crippen LogP contribution in [0.4, 0.5) is 0 Å². The molecule has 1 amide bonds. The third-order valence-corrected chi connectivity index (χ3v) is 5.19. The van der Waals surface area contributed by atoms with Gasteiger partial charge in [0.2, 0.25) is 5.89 Å². The van der Waals surface area contributed by atoms with Crippen LogP contribution in [0.3, 0.4) is 0 Å². The lowest BCUT2D eigenvalue weighted by Crippen LogP contribution is -2.49. The number of ether oxygens (including phenoxy) is 1. The van der Waals surface area contributed by atoms with Gasteiger partial charge < -0.3 is 14.1 Å². The standard InChI is InChI=1S/C20H25ClN2O3/c1-20(2,25-3)19(24)23-11-5-4-6-17(23)18-22-13-16(26-18)12-14-7-9-15(21)10-8-14/h7-10,13,17H,4-6,11-12H2,1-3H3/t17-/m1/s1. The Balaban J connectivity index is 1.77. The number of piperidine rings is 1. The predicted molar refractivity (Wildman–Crippen MR) is 100 cm³/mol. The first-order chi connectivity index (χ1) is 12.4. The molecule has 1 aromatic heterocycles. The van der Waals surface area contributed by atoms with Crippen molar-refractivity contribution in [2.24, 2.45) is 0 Å². The molecule has 0 saturated carbocycles. The normalized spacial score (nSPS) is 18.2. The van der Waals surface area contributed by atoms with E-state index >= 15 is 0 Å². The molecule has 5 nitrogen and oxygen atoms in total. The van der Waals surface area contributed by atoms with Crippen LogP contribution in [-0.2, 0) is 16.0 Å². The van der Waals surface area contributed by atoms with Crippen molar-refractivity contribution < 1.29 is 13.9 Å². The minimum atomic E-state index is -0.853. The van der Waals surface area contributed by atoms with Gasteiger partial charge in [-0.3, -0.25) is 4.79 Å². The van der Waals surface area contributed by atoms with E-state index in [9.17, 15) is 4.79 Å². The maximum absolute atomic E-state index is 12.9. The zero-order valence-electron chi connectivity index (χ0n) is 15.5. The number of carbonyl (C=O) groups is 1. The highest BCUT2D eigenvalue weighted by Crippen LogP contribution is 2.33. The van der Waals surface area contributed by atoms with Crippen LogP contribution in [0.5, 0.6) is 0 Å². The number of likely N-dealkylation sites (tertiary alicyclic amines) is 1. The van der Waals surface area contributed by atoms with Gasteiger partial charge in [0.05, 0.1) is 6.20 Å². The molecule has 3 rings (SSSR count). The number of methoxy groups -OCH3 is 1. The fourth-order valence-corrected chi connectivity index (χ4v) is 3.35. The highest BCUT2D eigenvalue weighted by molar-refractivity contribution is 6.30. The Hall–Kier alpha value is -1.85. The van der Waals surface area contributed by atoms with Crippen LogP contribution >= 0.6 is 11.6 Å². The van der Waals surface area contributed by atoms with E-state index in [2.05, 4.69) is 4.98 Å². The molecule has 0 unspecified atom stereocenters. The van der Waals surface area contributed by atoms with Crippen molar-refractivity contribution in [3.05, 3.63) is 52.7 Å². The molecule has 1 aliphatic rings. The largest absolute Gasteiger partial charge is 0.443 e. The third-order valence-electron chi connectivity index (χ3n) is 4.94. The summed E-state index contributed by atoms with van der Waals surface area (Å²) < 4.78 is 11.4. The molecule has 1 fully saturated rings. The van der Waals surface area contributed by atoms with Crippen LogP contribution in [0.15, 0.2) is 34.9 Å². The molecule has 2 heterocycles. The average Bonchev–Trinajstić information content (AvgIpc) is 3.11. The molecule has 26 heavy (non-hydrogen) atoms. The van der Waals surface area contributed by atoms with Gasteiger partial charge in [0.15, 0.2) is 0 Å². The van der Waals surface area contributed by atoms with Gasteiger partial charge in [0.25, 0.3) is 5.91 Å². The Bertz CT molecular complexity index is 755. The maximum Gasteiger partial charge on any atom is 0.254 e. The lowest BCUT2D eigenvalue weighted by Gasteiger charge is -2.38. The zero-order valence-corrected chi connectivity index (χ0v) is 16.3. The molecular weight excluding hydrogens is 352 g/mol. The molecule has 0 spiro atoms. The molecule has 6 heteroatoms. The summed E-state index contributed by atoms with van der Waals surface area (Å²) >= 11 is 5.93. The minimum Gasteiger partial charge on any atom is -0.443 e. The molecule has 0 N–H and O–H groups in total. The smallest absolute Gasteiger partial charge is 0.254 e. The Morgan fingerprint density at radius 2 is 2.08 bits per heavy atom. The van der Waals surface area contributed by atoms with Crippen molar-refractivity contribution in [1.82, 2.24) is 9.88 Å². The van der Waals surface area contributed by atoms with Crippen molar-refractivity contribution >= 4 is 17.5 Å². The van der Waals surface area contributed by atoms with Gasteiger partial charge in [-0.25, -0.2) is 4.98 Å². The fraction of sp³-hybridized carbons (Fsp3) is 0.500. The van der Waals surface area contributed by atoms with E-state index in [0.29, 0.717) is 23.9 Å². The third kappa shape index (κ3) is 4.10. The van der Waals surface area contributed by atoms with Crippen LogP contribution < -0.4 is 0 Å². The van der Waals surface area contributed by atoms with E-state index in [1.807, 2.05) is 29.2 Å². The molecule has 0 aliphatic carbocycles. The lowest BCUT2D eigenvalue weighted by molar-refractivity contribution is -0.155. The van der Waals surface area contributed by atoms with E-state index in [-0.39, 0.29) is 11.9 Å². The molecule has 0 bridgehead atoms. The number of carbonyl (C=O) groups excluding carboxylic acids is 1. The quantitative estimate of drug-likeness (QED) is 0.776. The van der Waals surface area contributed by atoms with Gasteiger partial charge in [0.1, 0.15) is 17.4 Å². The van der Waals surface area contributed by atoms with Crippen LogP contribution in [0.1, 0.15) is 56.4 Å². The number of hydrogen-bond donors (Lipinski definition) is 0. The van der Waals surface area contributed by atoms with Crippen molar-refractivity contribution in [2.45, 2.75) is 51.2 Å². The van der Waals surface area contributed by atoms with Gasteiger partial charge in [-0.15, -0.1) is 0 Å². The maximum atomic E-state index is 12.9. The van der Waals surface area contributed by atoms with E-state index in [0.717, 1.165) is 30.6 Å². The summed E-state index contributed by atoms with van der Waals surface area (Å²) in [6, 6.07) is 7.54. The zero-order chi connectivity index (χ0) is 18.7. The number of amides is 1. The lowest BCUT2D eigenvalue weighted by atomic mass is 9.98. The van der Waals surface area contributed by atoms with Crippen molar-refractivity contribution in [1.29, 1.82) is 0 Å². The average molecular weight is 377 g/mol. The van der Waals surface area contributed by atoms with Gasteiger partial charge in [0, 0.05) is 25.1 Å². The molecule has 140 valence electrons.